The second-order valence-corrected chi connectivity index (χ2v) is 5.61. The number of anilines is 1. The van der Waals surface area contributed by atoms with E-state index >= 15 is 0 Å². The quantitative estimate of drug-likeness (QED) is 0.828. The van der Waals surface area contributed by atoms with Crippen LogP contribution in [-0.2, 0) is 0 Å². The van der Waals surface area contributed by atoms with Gasteiger partial charge in [-0.3, -0.25) is 0 Å². The molecular formula is C15H22N2OS. The summed E-state index contributed by atoms with van der Waals surface area (Å²) in [6, 6.07) is 8.30. The van der Waals surface area contributed by atoms with Gasteiger partial charge in [0.2, 0.25) is 0 Å². The molecular weight excluding hydrogens is 256 g/mol. The van der Waals surface area contributed by atoms with Crippen LogP contribution >= 0.6 is 12.2 Å². The zero-order valence-corrected chi connectivity index (χ0v) is 12.4. The summed E-state index contributed by atoms with van der Waals surface area (Å²) >= 11 is 5.39. The first-order valence-electron chi connectivity index (χ1n) is 6.90. The Morgan fingerprint density at radius 3 is 2.84 bits per heavy atom. The highest BCUT2D eigenvalue weighted by Gasteiger charge is 2.21. The molecule has 0 spiro atoms. The smallest absolute Gasteiger partial charge is 0.171 e. The Balaban J connectivity index is 1.89. The summed E-state index contributed by atoms with van der Waals surface area (Å²) in [6.45, 7) is 2.30. The van der Waals surface area contributed by atoms with Gasteiger partial charge in [-0.15, -0.1) is 0 Å². The predicted molar refractivity (Wildman–Crippen MR) is 83.8 cm³/mol. The molecule has 2 N–H and O–H groups in total. The van der Waals surface area contributed by atoms with E-state index in [1.54, 1.807) is 7.11 Å². The topological polar surface area (TPSA) is 33.3 Å². The number of nitrogens with one attached hydrogen (secondary N) is 2. The molecule has 2 atom stereocenters. The Kier molecular flexibility index (Phi) is 5.02. The van der Waals surface area contributed by atoms with Crippen LogP contribution in [0.5, 0.6) is 5.75 Å². The molecule has 1 aromatic rings. The van der Waals surface area contributed by atoms with Gasteiger partial charge >= 0.3 is 0 Å². The van der Waals surface area contributed by atoms with Crippen molar-refractivity contribution in [3.63, 3.8) is 0 Å². The van der Waals surface area contributed by atoms with Crippen molar-refractivity contribution in [3.05, 3.63) is 24.3 Å². The SMILES string of the molecule is COc1cccc(NC(=S)N[C@@H]2CCCC[C@@H]2C)c1. The van der Waals surface area contributed by atoms with Crippen LogP contribution < -0.4 is 15.4 Å². The molecule has 0 aliphatic heterocycles. The maximum atomic E-state index is 5.39. The summed E-state index contributed by atoms with van der Waals surface area (Å²) in [7, 11) is 1.67. The van der Waals surface area contributed by atoms with Crippen molar-refractivity contribution in [1.82, 2.24) is 5.32 Å². The normalized spacial score (nSPS) is 22.6. The highest BCUT2D eigenvalue weighted by molar-refractivity contribution is 7.80. The van der Waals surface area contributed by atoms with Gasteiger partial charge in [0.1, 0.15) is 5.75 Å². The van der Waals surface area contributed by atoms with E-state index in [1.807, 2.05) is 24.3 Å². The number of methoxy groups -OCH3 is 1. The molecule has 104 valence electrons. The first kappa shape index (κ1) is 14.1. The van der Waals surface area contributed by atoms with E-state index in [4.69, 9.17) is 17.0 Å². The molecule has 0 heterocycles. The van der Waals surface area contributed by atoms with Crippen molar-refractivity contribution >= 4 is 23.0 Å². The van der Waals surface area contributed by atoms with Gasteiger partial charge in [-0.25, -0.2) is 0 Å². The van der Waals surface area contributed by atoms with Crippen LogP contribution in [0.1, 0.15) is 32.6 Å². The fourth-order valence-electron chi connectivity index (χ4n) is 2.57. The summed E-state index contributed by atoms with van der Waals surface area (Å²) in [6.07, 6.45) is 5.14. The number of benzene rings is 1. The second kappa shape index (κ2) is 6.75. The summed E-state index contributed by atoms with van der Waals surface area (Å²) in [5.41, 5.74) is 0.959. The lowest BCUT2D eigenvalue weighted by atomic mass is 9.86. The summed E-state index contributed by atoms with van der Waals surface area (Å²) in [5, 5.41) is 7.36. The van der Waals surface area contributed by atoms with Crippen molar-refractivity contribution in [2.45, 2.75) is 38.6 Å². The van der Waals surface area contributed by atoms with E-state index in [9.17, 15) is 0 Å². The minimum absolute atomic E-state index is 0.499. The lowest BCUT2D eigenvalue weighted by molar-refractivity contribution is 0.309. The van der Waals surface area contributed by atoms with Crippen LogP contribution in [0.25, 0.3) is 0 Å². The Morgan fingerprint density at radius 2 is 2.11 bits per heavy atom. The maximum Gasteiger partial charge on any atom is 0.171 e. The molecule has 0 aromatic heterocycles. The lowest BCUT2D eigenvalue weighted by Gasteiger charge is -2.30. The van der Waals surface area contributed by atoms with Gasteiger partial charge in [-0.1, -0.05) is 25.8 Å². The zero-order valence-electron chi connectivity index (χ0n) is 11.6. The molecule has 0 amide bonds. The average Bonchev–Trinajstić information content (AvgIpc) is 2.41. The number of ether oxygens (including phenoxy) is 1. The molecule has 2 rings (SSSR count). The van der Waals surface area contributed by atoms with Gasteiger partial charge in [0.15, 0.2) is 5.11 Å². The van der Waals surface area contributed by atoms with Crippen LogP contribution in [-0.4, -0.2) is 18.3 Å². The molecule has 1 fully saturated rings. The first-order valence-corrected chi connectivity index (χ1v) is 7.31. The van der Waals surface area contributed by atoms with Crippen molar-refractivity contribution in [1.29, 1.82) is 0 Å². The van der Waals surface area contributed by atoms with Gasteiger partial charge in [0.25, 0.3) is 0 Å². The van der Waals surface area contributed by atoms with Crippen LogP contribution in [0.2, 0.25) is 0 Å². The number of thiocarbonyl (C=S) groups is 1. The Labute approximate surface area is 120 Å². The maximum absolute atomic E-state index is 5.39. The molecule has 0 radical (unpaired) electrons. The molecule has 1 aromatic carbocycles. The molecule has 0 saturated heterocycles. The predicted octanol–water partition coefficient (Wildman–Crippen LogP) is 3.56. The minimum atomic E-state index is 0.499. The zero-order chi connectivity index (χ0) is 13.7. The third-order valence-corrected chi connectivity index (χ3v) is 3.98. The third-order valence-electron chi connectivity index (χ3n) is 3.76. The van der Waals surface area contributed by atoms with Crippen LogP contribution in [0.3, 0.4) is 0 Å². The first-order chi connectivity index (χ1) is 9.19. The van der Waals surface area contributed by atoms with E-state index in [-0.39, 0.29) is 0 Å². The standard InChI is InChI=1S/C15H22N2OS/c1-11-6-3-4-9-14(11)17-15(19)16-12-7-5-8-13(10-12)18-2/h5,7-8,10-11,14H,3-4,6,9H2,1-2H3,(H2,16,17,19)/t11-,14+/m0/s1. The summed E-state index contributed by atoms with van der Waals surface area (Å²) < 4.78 is 5.20. The number of rotatable bonds is 3. The monoisotopic (exact) mass is 278 g/mol. The molecule has 1 aliphatic carbocycles. The second-order valence-electron chi connectivity index (χ2n) is 5.20. The van der Waals surface area contributed by atoms with E-state index in [0.29, 0.717) is 17.1 Å². The molecule has 0 unspecified atom stereocenters. The van der Waals surface area contributed by atoms with Gasteiger partial charge in [0, 0.05) is 17.8 Å². The molecule has 1 saturated carbocycles. The van der Waals surface area contributed by atoms with Gasteiger partial charge in [-0.2, -0.15) is 0 Å². The molecule has 0 bridgehead atoms. The van der Waals surface area contributed by atoms with Crippen molar-refractivity contribution < 1.29 is 4.74 Å². The van der Waals surface area contributed by atoms with Crippen molar-refractivity contribution in [3.8, 4) is 5.75 Å². The van der Waals surface area contributed by atoms with Crippen LogP contribution in [0.4, 0.5) is 5.69 Å². The van der Waals surface area contributed by atoms with E-state index in [2.05, 4.69) is 17.6 Å². The number of hydrogen-bond acceptors (Lipinski definition) is 2. The highest BCUT2D eigenvalue weighted by Crippen LogP contribution is 2.24. The average molecular weight is 278 g/mol. The fraction of sp³-hybridized carbons (Fsp3) is 0.533. The summed E-state index contributed by atoms with van der Waals surface area (Å²) in [4.78, 5) is 0. The minimum Gasteiger partial charge on any atom is -0.497 e. The van der Waals surface area contributed by atoms with E-state index < -0.39 is 0 Å². The van der Waals surface area contributed by atoms with Crippen LogP contribution in [0.15, 0.2) is 24.3 Å². The molecule has 4 heteroatoms. The number of hydrogen-bond donors (Lipinski definition) is 2. The van der Waals surface area contributed by atoms with Gasteiger partial charge < -0.3 is 15.4 Å². The Hall–Kier alpha value is -1.29. The van der Waals surface area contributed by atoms with Crippen molar-refractivity contribution in [2.75, 3.05) is 12.4 Å². The molecule has 3 nitrogen and oxygen atoms in total. The van der Waals surface area contributed by atoms with E-state index in [1.165, 1.54) is 25.7 Å². The summed E-state index contributed by atoms with van der Waals surface area (Å²) in [5.74, 6) is 1.53. The van der Waals surface area contributed by atoms with Crippen molar-refractivity contribution in [2.24, 2.45) is 5.92 Å². The Morgan fingerprint density at radius 1 is 1.32 bits per heavy atom. The Bertz CT molecular complexity index is 436. The highest BCUT2D eigenvalue weighted by atomic mass is 32.1. The largest absolute Gasteiger partial charge is 0.497 e. The molecule has 1 aliphatic rings. The van der Waals surface area contributed by atoms with Gasteiger partial charge in [-0.05, 0) is 43.1 Å². The molecule has 19 heavy (non-hydrogen) atoms. The fourth-order valence-corrected chi connectivity index (χ4v) is 2.84. The lowest BCUT2D eigenvalue weighted by Crippen LogP contribution is -2.43. The van der Waals surface area contributed by atoms with E-state index in [0.717, 1.165) is 11.4 Å². The van der Waals surface area contributed by atoms with Crippen LogP contribution in [0, 0.1) is 5.92 Å². The third kappa shape index (κ3) is 4.10. The van der Waals surface area contributed by atoms with Gasteiger partial charge in [0.05, 0.1) is 7.11 Å².